The Morgan fingerprint density at radius 2 is 2.07 bits per heavy atom. The van der Waals surface area contributed by atoms with Gasteiger partial charge in [-0.15, -0.1) is 24.0 Å². The van der Waals surface area contributed by atoms with Crippen LogP contribution in [0.15, 0.2) is 33.7 Å². The Labute approximate surface area is 194 Å². The van der Waals surface area contributed by atoms with Crippen LogP contribution < -0.4 is 10.6 Å². The van der Waals surface area contributed by atoms with E-state index in [2.05, 4.69) is 55.8 Å². The van der Waals surface area contributed by atoms with Gasteiger partial charge in [0.05, 0.1) is 13.2 Å². The Kier molecular flexibility index (Phi) is 10.5. The quantitative estimate of drug-likeness (QED) is 0.205. The van der Waals surface area contributed by atoms with E-state index in [1.807, 2.05) is 7.05 Å². The fraction of sp³-hybridized carbons (Fsp3) is 0.667. The van der Waals surface area contributed by atoms with Crippen LogP contribution in [0.1, 0.15) is 37.7 Å². The Hall–Kier alpha value is -0.380. The van der Waals surface area contributed by atoms with Crippen LogP contribution in [0.5, 0.6) is 0 Å². The molecular weight excluding hydrogens is 533 g/mol. The predicted molar refractivity (Wildman–Crippen MR) is 129 cm³/mol. The van der Waals surface area contributed by atoms with Crippen molar-refractivity contribution in [2.75, 3.05) is 46.6 Å². The summed E-state index contributed by atoms with van der Waals surface area (Å²) in [6.45, 7) is 5.14. The van der Waals surface area contributed by atoms with Crippen molar-refractivity contribution < 1.29 is 9.47 Å². The van der Waals surface area contributed by atoms with Crippen molar-refractivity contribution in [2.45, 2.75) is 37.5 Å². The second-order valence-corrected chi connectivity index (χ2v) is 8.57. The average Bonchev–Trinajstić information content (AvgIpc) is 3.16. The van der Waals surface area contributed by atoms with Gasteiger partial charge in [-0.1, -0.05) is 34.5 Å². The molecule has 1 saturated carbocycles. The van der Waals surface area contributed by atoms with Crippen LogP contribution in [0.3, 0.4) is 0 Å². The van der Waals surface area contributed by atoms with Crippen molar-refractivity contribution >= 4 is 45.9 Å². The van der Waals surface area contributed by atoms with Crippen molar-refractivity contribution in [1.29, 1.82) is 0 Å². The van der Waals surface area contributed by atoms with E-state index in [1.165, 1.54) is 24.8 Å². The van der Waals surface area contributed by atoms with E-state index < -0.39 is 0 Å². The Morgan fingerprint density at radius 1 is 1.29 bits per heavy atom. The van der Waals surface area contributed by atoms with Gasteiger partial charge in [0, 0.05) is 49.2 Å². The molecule has 158 valence electrons. The standard InChI is InChI=1S/C21H32BrN3O2.HI/c1-23-20(24-11-3-12-26-14-17-8-13-27-15-17)25-16-21(9-2-10-21)18-4-6-19(22)7-5-18;/h4-7,17H,2-3,8-16H2,1H3,(H2,23,24,25);1H. The highest BCUT2D eigenvalue weighted by Gasteiger charge is 2.38. The van der Waals surface area contributed by atoms with Crippen LogP contribution in [0.4, 0.5) is 0 Å². The molecule has 1 unspecified atom stereocenters. The number of guanidine groups is 1. The topological polar surface area (TPSA) is 54.9 Å². The summed E-state index contributed by atoms with van der Waals surface area (Å²) in [4.78, 5) is 4.37. The third-order valence-corrected chi connectivity index (χ3v) is 6.25. The van der Waals surface area contributed by atoms with Crippen LogP contribution in [0.2, 0.25) is 0 Å². The number of ether oxygens (including phenoxy) is 2. The van der Waals surface area contributed by atoms with Crippen LogP contribution in [-0.2, 0) is 14.9 Å². The first-order valence-corrected chi connectivity index (χ1v) is 10.9. The molecule has 3 rings (SSSR count). The minimum absolute atomic E-state index is 0. The van der Waals surface area contributed by atoms with Crippen molar-refractivity contribution in [3.05, 3.63) is 34.3 Å². The normalized spacial score (nSPS) is 20.9. The maximum absolute atomic E-state index is 5.76. The summed E-state index contributed by atoms with van der Waals surface area (Å²) in [5, 5.41) is 6.94. The molecule has 2 N–H and O–H groups in total. The fourth-order valence-corrected chi connectivity index (χ4v) is 4.06. The molecule has 0 spiro atoms. The number of halogens is 2. The lowest BCUT2D eigenvalue weighted by molar-refractivity contribution is 0.0888. The first-order chi connectivity index (χ1) is 13.2. The molecule has 0 amide bonds. The summed E-state index contributed by atoms with van der Waals surface area (Å²) < 4.78 is 12.3. The number of nitrogens with zero attached hydrogens (tertiary/aromatic N) is 1. The van der Waals surface area contributed by atoms with E-state index in [0.29, 0.717) is 5.92 Å². The minimum atomic E-state index is 0. The van der Waals surface area contributed by atoms with E-state index in [4.69, 9.17) is 9.47 Å². The van der Waals surface area contributed by atoms with Gasteiger partial charge in [0.2, 0.25) is 0 Å². The molecule has 28 heavy (non-hydrogen) atoms. The minimum Gasteiger partial charge on any atom is -0.381 e. The zero-order valence-corrected chi connectivity index (χ0v) is 20.6. The zero-order valence-electron chi connectivity index (χ0n) is 16.7. The molecule has 0 radical (unpaired) electrons. The van der Waals surface area contributed by atoms with Gasteiger partial charge in [0.1, 0.15) is 0 Å². The lowest BCUT2D eigenvalue weighted by Crippen LogP contribution is -2.49. The molecule has 2 aliphatic rings. The van der Waals surface area contributed by atoms with Crippen LogP contribution >= 0.6 is 39.9 Å². The maximum Gasteiger partial charge on any atom is 0.191 e. The van der Waals surface area contributed by atoms with Gasteiger partial charge < -0.3 is 20.1 Å². The van der Waals surface area contributed by atoms with E-state index in [1.54, 1.807) is 0 Å². The van der Waals surface area contributed by atoms with Crippen molar-refractivity contribution in [3.63, 3.8) is 0 Å². The van der Waals surface area contributed by atoms with Gasteiger partial charge >= 0.3 is 0 Å². The summed E-state index contributed by atoms with van der Waals surface area (Å²) >= 11 is 3.53. The number of nitrogens with one attached hydrogen (secondary N) is 2. The Morgan fingerprint density at radius 3 is 2.68 bits per heavy atom. The molecule has 0 aromatic heterocycles. The van der Waals surface area contributed by atoms with E-state index in [0.717, 1.165) is 62.8 Å². The van der Waals surface area contributed by atoms with Gasteiger partial charge in [-0.2, -0.15) is 0 Å². The molecule has 0 bridgehead atoms. The van der Waals surface area contributed by atoms with Crippen LogP contribution in [-0.4, -0.2) is 52.5 Å². The summed E-state index contributed by atoms with van der Waals surface area (Å²) in [6, 6.07) is 8.77. The molecule has 5 nitrogen and oxygen atoms in total. The molecule has 1 atom stereocenters. The zero-order chi connectivity index (χ0) is 19.0. The first-order valence-electron chi connectivity index (χ1n) is 10.1. The Balaban J connectivity index is 0.00000280. The molecule has 1 aliphatic heterocycles. The number of benzene rings is 1. The van der Waals surface area contributed by atoms with Gasteiger partial charge in [-0.3, -0.25) is 4.99 Å². The molecule has 2 fully saturated rings. The monoisotopic (exact) mass is 565 g/mol. The average molecular weight is 566 g/mol. The van der Waals surface area contributed by atoms with Gasteiger partial charge in [0.25, 0.3) is 0 Å². The van der Waals surface area contributed by atoms with E-state index >= 15 is 0 Å². The van der Waals surface area contributed by atoms with Gasteiger partial charge in [0.15, 0.2) is 5.96 Å². The number of rotatable bonds is 9. The predicted octanol–water partition coefficient (Wildman–Crippen LogP) is 4.10. The molecular formula is C21H33BrIN3O2. The number of hydrogen-bond acceptors (Lipinski definition) is 3. The summed E-state index contributed by atoms with van der Waals surface area (Å²) in [7, 11) is 1.83. The summed E-state index contributed by atoms with van der Waals surface area (Å²) in [5.41, 5.74) is 1.66. The lowest BCUT2D eigenvalue weighted by atomic mass is 9.64. The smallest absolute Gasteiger partial charge is 0.191 e. The van der Waals surface area contributed by atoms with Crippen molar-refractivity contribution in [2.24, 2.45) is 10.9 Å². The Bertz CT molecular complexity index is 602. The summed E-state index contributed by atoms with van der Waals surface area (Å²) in [5.74, 6) is 1.47. The lowest BCUT2D eigenvalue weighted by Gasteiger charge is -2.43. The largest absolute Gasteiger partial charge is 0.381 e. The molecule has 1 heterocycles. The highest BCUT2D eigenvalue weighted by Crippen LogP contribution is 2.43. The second kappa shape index (κ2) is 12.3. The molecule has 1 saturated heterocycles. The second-order valence-electron chi connectivity index (χ2n) is 7.65. The molecule has 1 aliphatic carbocycles. The molecule has 1 aromatic carbocycles. The van der Waals surface area contributed by atoms with Crippen molar-refractivity contribution in [1.82, 2.24) is 10.6 Å². The third-order valence-electron chi connectivity index (χ3n) is 5.72. The molecule has 1 aromatic rings. The number of hydrogen-bond donors (Lipinski definition) is 2. The summed E-state index contributed by atoms with van der Waals surface area (Å²) in [6.07, 6.45) is 5.88. The first kappa shape index (κ1) is 23.9. The van der Waals surface area contributed by atoms with Crippen LogP contribution in [0, 0.1) is 5.92 Å². The third kappa shape index (κ3) is 6.85. The molecule has 7 heteroatoms. The fourth-order valence-electron chi connectivity index (χ4n) is 3.79. The number of aliphatic imine (C=N–C) groups is 1. The van der Waals surface area contributed by atoms with Gasteiger partial charge in [-0.25, -0.2) is 0 Å². The maximum atomic E-state index is 5.76. The highest BCUT2D eigenvalue weighted by atomic mass is 127. The van der Waals surface area contributed by atoms with Crippen molar-refractivity contribution in [3.8, 4) is 0 Å². The SMILES string of the molecule is CN=C(NCCCOCC1CCOC1)NCC1(c2ccc(Br)cc2)CCC1.I. The van der Waals surface area contributed by atoms with Crippen LogP contribution in [0.25, 0.3) is 0 Å². The van der Waals surface area contributed by atoms with Gasteiger partial charge in [-0.05, 0) is 43.4 Å². The van der Waals surface area contributed by atoms with E-state index in [9.17, 15) is 0 Å². The van der Waals surface area contributed by atoms with E-state index in [-0.39, 0.29) is 29.4 Å². The highest BCUT2D eigenvalue weighted by molar-refractivity contribution is 14.0.